The van der Waals surface area contributed by atoms with Crippen molar-refractivity contribution in [2.24, 2.45) is 0 Å². The second kappa shape index (κ2) is 13.4. The van der Waals surface area contributed by atoms with Crippen LogP contribution in [0.3, 0.4) is 0 Å². The Balaban J connectivity index is 1.07. The van der Waals surface area contributed by atoms with Crippen molar-refractivity contribution in [3.8, 4) is 55.6 Å². The van der Waals surface area contributed by atoms with Gasteiger partial charge >= 0.3 is 0 Å². The van der Waals surface area contributed by atoms with Crippen molar-refractivity contribution in [2.75, 3.05) is 0 Å². The van der Waals surface area contributed by atoms with Crippen molar-refractivity contribution in [3.63, 3.8) is 0 Å². The van der Waals surface area contributed by atoms with Crippen LogP contribution in [0.25, 0.3) is 121 Å². The summed E-state index contributed by atoms with van der Waals surface area (Å²) in [5.41, 5.74) is 13.9. The lowest BCUT2D eigenvalue weighted by Crippen LogP contribution is -1.91. The first-order valence-corrected chi connectivity index (χ1v) is 20.3. The maximum atomic E-state index is 6.95. The van der Waals surface area contributed by atoms with E-state index in [9.17, 15) is 0 Å². The van der Waals surface area contributed by atoms with Crippen molar-refractivity contribution in [2.45, 2.75) is 0 Å². The molecular weight excluding hydrogens is 713 g/mol. The smallest absolute Gasteiger partial charge is 0.143 e. The molecule has 1 heteroatoms. The van der Waals surface area contributed by atoms with Crippen LogP contribution >= 0.6 is 0 Å². The highest BCUT2D eigenvalue weighted by atomic mass is 16.3. The molecule has 274 valence electrons. The van der Waals surface area contributed by atoms with Crippen molar-refractivity contribution in [1.82, 2.24) is 0 Å². The molecule has 0 atom stereocenters. The summed E-state index contributed by atoms with van der Waals surface area (Å²) in [6, 6.07) is 79.3. The average Bonchev–Trinajstić information content (AvgIpc) is 3.69. The molecule has 0 unspecified atom stereocenters. The molecule has 0 aliphatic carbocycles. The van der Waals surface area contributed by atoms with Crippen molar-refractivity contribution in [1.29, 1.82) is 0 Å². The Morgan fingerprint density at radius 1 is 0.220 bits per heavy atom. The van der Waals surface area contributed by atoms with E-state index in [4.69, 9.17) is 4.42 Å². The van der Waals surface area contributed by atoms with Crippen LogP contribution in [0.1, 0.15) is 0 Å². The molecule has 0 spiro atoms. The van der Waals surface area contributed by atoms with E-state index in [0.717, 1.165) is 27.5 Å². The third-order valence-corrected chi connectivity index (χ3v) is 12.3. The van der Waals surface area contributed by atoms with Crippen LogP contribution in [0.5, 0.6) is 0 Å². The predicted molar refractivity (Wildman–Crippen MR) is 251 cm³/mol. The minimum absolute atomic E-state index is 0.884. The van der Waals surface area contributed by atoms with Gasteiger partial charge in [-0.1, -0.05) is 206 Å². The Kier molecular flexibility index (Phi) is 7.61. The van der Waals surface area contributed by atoms with Crippen molar-refractivity contribution >= 4 is 65.0 Å². The quantitative estimate of drug-likeness (QED) is 0.160. The molecule has 59 heavy (non-hydrogen) atoms. The van der Waals surface area contributed by atoms with Gasteiger partial charge in [-0.25, -0.2) is 0 Å². The summed E-state index contributed by atoms with van der Waals surface area (Å²) in [5.74, 6) is 0. The molecule has 0 aliphatic rings. The first kappa shape index (κ1) is 33.4. The first-order chi connectivity index (χ1) is 29.3. The Bertz CT molecular complexity index is 3460. The van der Waals surface area contributed by atoms with E-state index >= 15 is 0 Å². The highest BCUT2D eigenvalue weighted by Crippen LogP contribution is 2.48. The van der Waals surface area contributed by atoms with Crippen LogP contribution < -0.4 is 0 Å². The highest BCUT2D eigenvalue weighted by molar-refractivity contribution is 6.25. The van der Waals surface area contributed by atoms with Gasteiger partial charge in [-0.05, 0) is 99.7 Å². The number of para-hydroxylation sites is 1. The molecule has 0 fully saturated rings. The molecule has 1 aromatic heterocycles. The number of benzene rings is 11. The van der Waals surface area contributed by atoms with Crippen LogP contribution in [0.15, 0.2) is 223 Å². The van der Waals surface area contributed by atoms with Gasteiger partial charge in [0.25, 0.3) is 0 Å². The topological polar surface area (TPSA) is 13.1 Å². The van der Waals surface area contributed by atoms with E-state index in [2.05, 4.69) is 218 Å². The molecule has 12 aromatic rings. The molecule has 1 nitrogen and oxygen atoms in total. The van der Waals surface area contributed by atoms with Crippen LogP contribution in [0.2, 0.25) is 0 Å². The molecule has 0 saturated carbocycles. The highest BCUT2D eigenvalue weighted by Gasteiger charge is 2.22. The lowest BCUT2D eigenvalue weighted by Gasteiger charge is -2.18. The molecule has 12 rings (SSSR count). The fraction of sp³-hybridized carbons (Fsp3) is 0. The standard InChI is InChI=1S/C58H36O/c1-3-16-37(17-4-1)38-30-32-40(33-31-38)55-46-24-11-13-26-48(46)57(49-27-14-12-25-47(49)55)51-29-15-28-50-52-36-41(34-35-53(52)59-58(50)51)56-44-22-9-7-20-42(44)54(39-18-5-2-6-19-39)43-21-8-10-23-45(43)56/h1-36H. The Morgan fingerprint density at radius 2 is 0.576 bits per heavy atom. The fourth-order valence-corrected chi connectivity index (χ4v) is 9.70. The van der Waals surface area contributed by atoms with Crippen molar-refractivity contribution in [3.05, 3.63) is 218 Å². The number of furan rings is 1. The minimum atomic E-state index is 0.884. The molecule has 0 radical (unpaired) electrons. The fourth-order valence-electron chi connectivity index (χ4n) is 9.70. The SMILES string of the molecule is c1ccc(-c2ccc(-c3c4ccccc4c(-c4cccc5c4oc4ccc(-c6c7ccccc7c(-c7ccccc7)c7ccccc67)cc45)c4ccccc34)cc2)cc1. The molecule has 0 N–H and O–H groups in total. The largest absolute Gasteiger partial charge is 0.455 e. The van der Waals surface area contributed by atoms with E-state index in [1.165, 1.54) is 93.2 Å². The van der Waals surface area contributed by atoms with Crippen LogP contribution in [0.4, 0.5) is 0 Å². The molecular formula is C58H36O. The summed E-state index contributed by atoms with van der Waals surface area (Å²) >= 11 is 0. The van der Waals surface area contributed by atoms with Gasteiger partial charge in [-0.3, -0.25) is 0 Å². The lowest BCUT2D eigenvalue weighted by molar-refractivity contribution is 0.670. The summed E-state index contributed by atoms with van der Waals surface area (Å²) in [7, 11) is 0. The Hall–Kier alpha value is -7.74. The number of rotatable bonds is 5. The predicted octanol–water partition coefficient (Wildman–Crippen LogP) is 16.5. The summed E-state index contributed by atoms with van der Waals surface area (Å²) < 4.78 is 6.95. The van der Waals surface area contributed by atoms with Gasteiger partial charge in [-0.15, -0.1) is 0 Å². The maximum absolute atomic E-state index is 6.95. The van der Waals surface area contributed by atoms with E-state index < -0.39 is 0 Å². The molecule has 0 aliphatic heterocycles. The Morgan fingerprint density at radius 3 is 1.08 bits per heavy atom. The summed E-state index contributed by atoms with van der Waals surface area (Å²) in [4.78, 5) is 0. The van der Waals surface area contributed by atoms with Gasteiger partial charge in [0.2, 0.25) is 0 Å². The second-order valence-corrected chi connectivity index (χ2v) is 15.5. The Labute approximate surface area is 342 Å². The zero-order valence-corrected chi connectivity index (χ0v) is 32.2. The van der Waals surface area contributed by atoms with Gasteiger partial charge in [-0.2, -0.15) is 0 Å². The third kappa shape index (κ3) is 5.25. The second-order valence-electron chi connectivity index (χ2n) is 15.5. The monoisotopic (exact) mass is 748 g/mol. The summed E-state index contributed by atoms with van der Waals surface area (Å²) in [5, 5.41) is 12.1. The average molecular weight is 749 g/mol. The van der Waals surface area contributed by atoms with Crippen LogP contribution in [-0.4, -0.2) is 0 Å². The van der Waals surface area contributed by atoms with E-state index in [-0.39, 0.29) is 0 Å². The normalized spacial score (nSPS) is 11.7. The molecule has 1 heterocycles. The molecule has 0 saturated heterocycles. The van der Waals surface area contributed by atoms with Crippen LogP contribution in [0, 0.1) is 0 Å². The zero-order valence-electron chi connectivity index (χ0n) is 32.2. The minimum Gasteiger partial charge on any atom is -0.455 e. The lowest BCUT2D eigenvalue weighted by atomic mass is 9.85. The van der Waals surface area contributed by atoms with Gasteiger partial charge in [0.15, 0.2) is 0 Å². The van der Waals surface area contributed by atoms with E-state index in [1.807, 2.05) is 0 Å². The van der Waals surface area contributed by atoms with E-state index in [0.29, 0.717) is 0 Å². The van der Waals surface area contributed by atoms with Gasteiger partial charge < -0.3 is 4.42 Å². The van der Waals surface area contributed by atoms with Gasteiger partial charge in [0.05, 0.1) is 0 Å². The number of fused-ring (bicyclic) bond motifs is 7. The van der Waals surface area contributed by atoms with Crippen LogP contribution in [-0.2, 0) is 0 Å². The number of hydrogen-bond donors (Lipinski definition) is 0. The van der Waals surface area contributed by atoms with E-state index in [1.54, 1.807) is 0 Å². The van der Waals surface area contributed by atoms with Gasteiger partial charge in [0.1, 0.15) is 11.2 Å². The van der Waals surface area contributed by atoms with Gasteiger partial charge in [0, 0.05) is 21.9 Å². The molecule has 0 amide bonds. The first-order valence-electron chi connectivity index (χ1n) is 20.3. The zero-order chi connectivity index (χ0) is 38.9. The number of hydrogen-bond acceptors (Lipinski definition) is 1. The third-order valence-electron chi connectivity index (χ3n) is 12.3. The molecule has 0 bridgehead atoms. The summed E-state index contributed by atoms with van der Waals surface area (Å²) in [6.45, 7) is 0. The maximum Gasteiger partial charge on any atom is 0.143 e. The summed E-state index contributed by atoms with van der Waals surface area (Å²) in [6.07, 6.45) is 0. The molecule has 11 aromatic carbocycles. The van der Waals surface area contributed by atoms with Crippen molar-refractivity contribution < 1.29 is 4.42 Å².